The molecule has 0 saturated heterocycles. The summed E-state index contributed by atoms with van der Waals surface area (Å²) in [4.78, 5) is 0. The van der Waals surface area contributed by atoms with E-state index in [0.717, 1.165) is 11.1 Å². The maximum absolute atomic E-state index is 9.06. The van der Waals surface area contributed by atoms with Crippen molar-refractivity contribution in [1.29, 1.82) is 0 Å². The van der Waals surface area contributed by atoms with Crippen LogP contribution in [0.3, 0.4) is 0 Å². The Hall–Kier alpha value is -2.29. The van der Waals surface area contributed by atoms with Gasteiger partial charge >= 0.3 is 0 Å². The molecule has 0 unspecified atom stereocenters. The zero-order valence-corrected chi connectivity index (χ0v) is 8.67. The normalized spacial score (nSPS) is 11.4. The van der Waals surface area contributed by atoms with Crippen molar-refractivity contribution in [2.45, 2.75) is 0 Å². The second-order valence-corrected chi connectivity index (χ2v) is 3.44. The van der Waals surface area contributed by atoms with Crippen LogP contribution in [0.1, 0.15) is 11.1 Å². The summed E-state index contributed by atoms with van der Waals surface area (Å²) in [5.74, 6) is 0. The molecule has 0 aliphatic carbocycles. The Bertz CT molecular complexity index is 489. The van der Waals surface area contributed by atoms with Gasteiger partial charge in [-0.1, -0.05) is 47.6 Å². The Labute approximate surface area is 93.8 Å². The summed E-state index contributed by atoms with van der Waals surface area (Å²) in [6.45, 7) is 0. The number of nitrogens with zero attached hydrogens (tertiary/aromatic N) is 1. The lowest BCUT2D eigenvalue weighted by molar-refractivity contribution is 0.319. The monoisotopic (exact) mass is 212 g/mol. The Morgan fingerprint density at radius 1 is 0.875 bits per heavy atom. The molecule has 0 aromatic heterocycles. The molecular weight excluding hydrogens is 200 g/mol. The highest BCUT2D eigenvalue weighted by Gasteiger charge is 2.06. The number of benzene rings is 2. The largest absolute Gasteiger partial charge is 0.410 e. The van der Waals surface area contributed by atoms with Crippen LogP contribution in [-0.2, 0) is 0 Å². The number of nitrogen functional groups attached to an aromatic ring is 1. The van der Waals surface area contributed by atoms with Crippen molar-refractivity contribution in [3.05, 3.63) is 65.7 Å². The van der Waals surface area contributed by atoms with Gasteiger partial charge in [0.1, 0.15) is 5.71 Å². The lowest BCUT2D eigenvalue weighted by atomic mass is 10.0. The predicted molar refractivity (Wildman–Crippen MR) is 64.7 cm³/mol. The van der Waals surface area contributed by atoms with E-state index in [1.807, 2.05) is 42.5 Å². The quantitative estimate of drug-likeness (QED) is 0.348. The first-order valence-corrected chi connectivity index (χ1v) is 4.94. The number of hydrogen-bond acceptors (Lipinski definition) is 3. The van der Waals surface area contributed by atoms with Crippen molar-refractivity contribution >= 4 is 11.4 Å². The molecule has 2 aromatic carbocycles. The van der Waals surface area contributed by atoms with Crippen molar-refractivity contribution < 1.29 is 5.21 Å². The topological polar surface area (TPSA) is 58.6 Å². The minimum atomic E-state index is 0.542. The smallest absolute Gasteiger partial charge is 0.117 e. The zero-order valence-electron chi connectivity index (χ0n) is 8.67. The first-order chi connectivity index (χ1) is 7.81. The number of rotatable bonds is 2. The number of oxime groups is 1. The average molecular weight is 212 g/mol. The molecule has 3 nitrogen and oxygen atoms in total. The van der Waals surface area contributed by atoms with Crippen LogP contribution in [0.15, 0.2) is 59.8 Å². The summed E-state index contributed by atoms with van der Waals surface area (Å²) in [6, 6.07) is 16.7. The van der Waals surface area contributed by atoms with Gasteiger partial charge in [0, 0.05) is 16.8 Å². The highest BCUT2D eigenvalue weighted by atomic mass is 16.4. The van der Waals surface area contributed by atoms with Crippen LogP contribution in [0.4, 0.5) is 5.69 Å². The van der Waals surface area contributed by atoms with E-state index in [1.54, 1.807) is 12.1 Å². The molecule has 0 fully saturated rings. The molecule has 0 radical (unpaired) electrons. The van der Waals surface area contributed by atoms with E-state index in [9.17, 15) is 0 Å². The van der Waals surface area contributed by atoms with E-state index in [1.165, 1.54) is 0 Å². The van der Waals surface area contributed by atoms with Gasteiger partial charge in [0.2, 0.25) is 0 Å². The maximum Gasteiger partial charge on any atom is 0.117 e. The lowest BCUT2D eigenvalue weighted by Gasteiger charge is -2.04. The summed E-state index contributed by atoms with van der Waals surface area (Å²) in [5, 5.41) is 12.4. The standard InChI is InChI=1S/C13H12N2O/c14-12-8-6-11(7-9-12)13(15-16)10-4-2-1-3-5-10/h1-9,16H,14H2. The molecule has 3 N–H and O–H groups in total. The Morgan fingerprint density at radius 3 is 2.00 bits per heavy atom. The van der Waals surface area contributed by atoms with Crippen LogP contribution in [-0.4, -0.2) is 10.9 Å². The first-order valence-electron chi connectivity index (χ1n) is 4.94. The Kier molecular flexibility index (Phi) is 2.87. The van der Waals surface area contributed by atoms with Crippen LogP contribution in [0.5, 0.6) is 0 Å². The van der Waals surface area contributed by atoms with E-state index in [4.69, 9.17) is 10.9 Å². The molecule has 2 aromatic rings. The van der Waals surface area contributed by atoms with Crippen molar-refractivity contribution in [3.8, 4) is 0 Å². The fourth-order valence-electron chi connectivity index (χ4n) is 1.52. The molecule has 2 rings (SSSR count). The molecule has 0 aliphatic rings. The van der Waals surface area contributed by atoms with Gasteiger partial charge in [-0.2, -0.15) is 0 Å². The highest BCUT2D eigenvalue weighted by Crippen LogP contribution is 2.12. The van der Waals surface area contributed by atoms with E-state index in [-0.39, 0.29) is 0 Å². The van der Waals surface area contributed by atoms with Crippen molar-refractivity contribution in [2.24, 2.45) is 5.16 Å². The molecule has 16 heavy (non-hydrogen) atoms. The van der Waals surface area contributed by atoms with Gasteiger partial charge < -0.3 is 10.9 Å². The van der Waals surface area contributed by atoms with Crippen molar-refractivity contribution in [1.82, 2.24) is 0 Å². The van der Waals surface area contributed by atoms with Gasteiger partial charge in [-0.15, -0.1) is 0 Å². The second-order valence-electron chi connectivity index (χ2n) is 3.44. The molecule has 0 bridgehead atoms. The van der Waals surface area contributed by atoms with Crippen LogP contribution in [0.2, 0.25) is 0 Å². The highest BCUT2D eigenvalue weighted by molar-refractivity contribution is 6.12. The van der Waals surface area contributed by atoms with Gasteiger partial charge in [0.15, 0.2) is 0 Å². The van der Waals surface area contributed by atoms with Crippen molar-refractivity contribution in [2.75, 3.05) is 5.73 Å². The molecule has 0 spiro atoms. The first kappa shape index (κ1) is 10.2. The van der Waals surface area contributed by atoms with Crippen LogP contribution < -0.4 is 5.73 Å². The van der Waals surface area contributed by atoms with Crippen LogP contribution >= 0.6 is 0 Å². The van der Waals surface area contributed by atoms with E-state index < -0.39 is 0 Å². The summed E-state index contributed by atoms with van der Waals surface area (Å²) in [5.41, 5.74) is 8.54. The van der Waals surface area contributed by atoms with E-state index in [0.29, 0.717) is 11.4 Å². The fraction of sp³-hybridized carbons (Fsp3) is 0. The summed E-state index contributed by atoms with van der Waals surface area (Å²) in [6.07, 6.45) is 0. The Balaban J connectivity index is 2.42. The summed E-state index contributed by atoms with van der Waals surface area (Å²) >= 11 is 0. The van der Waals surface area contributed by atoms with Crippen LogP contribution in [0.25, 0.3) is 0 Å². The number of hydrogen-bond donors (Lipinski definition) is 2. The molecule has 80 valence electrons. The zero-order chi connectivity index (χ0) is 11.4. The molecule has 0 heterocycles. The van der Waals surface area contributed by atoms with Gasteiger partial charge in [0.05, 0.1) is 0 Å². The number of anilines is 1. The lowest BCUT2D eigenvalue weighted by Crippen LogP contribution is -2.03. The van der Waals surface area contributed by atoms with Gasteiger partial charge in [-0.05, 0) is 12.1 Å². The summed E-state index contributed by atoms with van der Waals surface area (Å²) in [7, 11) is 0. The SMILES string of the molecule is Nc1ccc(C(=NO)c2ccccc2)cc1. The van der Waals surface area contributed by atoms with Crippen LogP contribution in [0, 0.1) is 0 Å². The third kappa shape index (κ3) is 2.03. The molecule has 0 amide bonds. The third-order valence-electron chi connectivity index (χ3n) is 2.33. The molecule has 0 saturated carbocycles. The molecule has 3 heteroatoms. The molecule has 0 aliphatic heterocycles. The van der Waals surface area contributed by atoms with Crippen molar-refractivity contribution in [3.63, 3.8) is 0 Å². The minimum absolute atomic E-state index is 0.542. The molecule has 0 atom stereocenters. The Morgan fingerprint density at radius 2 is 1.44 bits per heavy atom. The van der Waals surface area contributed by atoms with Gasteiger partial charge in [-0.3, -0.25) is 0 Å². The third-order valence-corrected chi connectivity index (χ3v) is 2.33. The maximum atomic E-state index is 9.06. The van der Waals surface area contributed by atoms with E-state index >= 15 is 0 Å². The van der Waals surface area contributed by atoms with E-state index in [2.05, 4.69) is 5.16 Å². The molecular formula is C13H12N2O. The average Bonchev–Trinajstić information content (AvgIpc) is 2.34. The second kappa shape index (κ2) is 4.49. The summed E-state index contributed by atoms with van der Waals surface area (Å²) < 4.78 is 0. The fourth-order valence-corrected chi connectivity index (χ4v) is 1.52. The van der Waals surface area contributed by atoms with Gasteiger partial charge in [0.25, 0.3) is 0 Å². The predicted octanol–water partition coefficient (Wildman–Crippen LogP) is 2.50. The minimum Gasteiger partial charge on any atom is -0.410 e. The van der Waals surface area contributed by atoms with Gasteiger partial charge in [-0.25, -0.2) is 0 Å². The number of nitrogens with two attached hydrogens (primary N) is 1.